The quantitative estimate of drug-likeness (QED) is 0.880. The summed E-state index contributed by atoms with van der Waals surface area (Å²) in [7, 11) is 0. The Morgan fingerprint density at radius 1 is 1.44 bits per heavy atom. The molecule has 0 radical (unpaired) electrons. The van der Waals surface area contributed by atoms with E-state index in [2.05, 4.69) is 16.8 Å². The molecule has 1 atom stereocenters. The molecular formula is C18H27N3O4. The number of hydrogen-bond donors (Lipinski definition) is 1. The van der Waals surface area contributed by atoms with E-state index < -0.39 is 17.7 Å². The minimum absolute atomic E-state index is 0.00518. The molecule has 25 heavy (non-hydrogen) atoms. The van der Waals surface area contributed by atoms with Crippen LogP contribution in [0.1, 0.15) is 50.9 Å². The number of amides is 1. The van der Waals surface area contributed by atoms with Gasteiger partial charge in [0.15, 0.2) is 5.82 Å². The Balaban J connectivity index is 2.35. The Labute approximate surface area is 148 Å². The topological polar surface area (TPSA) is 83.0 Å². The van der Waals surface area contributed by atoms with Crippen LogP contribution in [-0.2, 0) is 4.74 Å². The number of nitrogens with zero attached hydrogens (tertiary/aromatic N) is 3. The number of carboxylic acid groups (broad SMARTS) is 1. The molecule has 2 heterocycles. The van der Waals surface area contributed by atoms with Crippen LogP contribution in [0.5, 0.6) is 0 Å². The van der Waals surface area contributed by atoms with Crippen LogP contribution in [-0.4, -0.2) is 58.3 Å². The maximum Gasteiger partial charge on any atom is 0.416 e. The molecule has 138 valence electrons. The maximum absolute atomic E-state index is 12.8. The SMILES string of the molecule is CCN1CCCC1CN(C(=O)OC(C)(C)C)c1ncccc1C(=O)O. The normalized spacial score (nSPS) is 18.2. The first-order chi connectivity index (χ1) is 11.7. The van der Waals surface area contributed by atoms with Crippen LogP contribution in [0.15, 0.2) is 18.3 Å². The van der Waals surface area contributed by atoms with Crippen LogP contribution >= 0.6 is 0 Å². The second kappa shape index (κ2) is 7.82. The van der Waals surface area contributed by atoms with Gasteiger partial charge in [0.2, 0.25) is 0 Å². The van der Waals surface area contributed by atoms with E-state index in [-0.39, 0.29) is 17.4 Å². The lowest BCUT2D eigenvalue weighted by atomic mass is 10.1. The van der Waals surface area contributed by atoms with Crippen molar-refractivity contribution in [2.24, 2.45) is 0 Å². The smallest absolute Gasteiger partial charge is 0.416 e. The molecule has 0 spiro atoms. The minimum atomic E-state index is -1.12. The third kappa shape index (κ3) is 4.92. The molecule has 1 N–H and O–H groups in total. The number of ether oxygens (including phenoxy) is 1. The van der Waals surface area contributed by atoms with Crippen molar-refractivity contribution in [1.29, 1.82) is 0 Å². The molecule has 1 aliphatic rings. The van der Waals surface area contributed by atoms with E-state index in [1.807, 2.05) is 0 Å². The number of likely N-dealkylation sites (tertiary alicyclic amines) is 1. The van der Waals surface area contributed by atoms with Gasteiger partial charge in [-0.1, -0.05) is 6.92 Å². The fourth-order valence-electron chi connectivity index (χ4n) is 3.07. The lowest BCUT2D eigenvalue weighted by Crippen LogP contribution is -2.46. The van der Waals surface area contributed by atoms with Crippen LogP contribution in [0.3, 0.4) is 0 Å². The van der Waals surface area contributed by atoms with Crippen LogP contribution < -0.4 is 4.90 Å². The fraction of sp³-hybridized carbons (Fsp3) is 0.611. The first-order valence-corrected chi connectivity index (χ1v) is 8.65. The van der Waals surface area contributed by atoms with E-state index >= 15 is 0 Å². The van der Waals surface area contributed by atoms with Gasteiger partial charge < -0.3 is 9.84 Å². The van der Waals surface area contributed by atoms with Crippen molar-refractivity contribution in [2.45, 2.75) is 52.2 Å². The van der Waals surface area contributed by atoms with E-state index in [1.54, 1.807) is 26.8 Å². The third-order valence-corrected chi connectivity index (χ3v) is 4.19. The molecule has 0 aliphatic carbocycles. The summed E-state index contributed by atoms with van der Waals surface area (Å²) in [4.78, 5) is 32.2. The van der Waals surface area contributed by atoms with Gasteiger partial charge in [-0.3, -0.25) is 9.80 Å². The van der Waals surface area contributed by atoms with E-state index in [9.17, 15) is 14.7 Å². The molecule has 1 amide bonds. The van der Waals surface area contributed by atoms with Crippen molar-refractivity contribution in [1.82, 2.24) is 9.88 Å². The summed E-state index contributed by atoms with van der Waals surface area (Å²) >= 11 is 0. The second-order valence-corrected chi connectivity index (χ2v) is 7.20. The standard InChI is InChI=1S/C18H27N3O4/c1-5-20-11-7-8-13(20)12-21(17(24)25-18(2,3)4)15-14(16(22)23)9-6-10-19-15/h6,9-10,13H,5,7-8,11-12H2,1-4H3,(H,22,23). The van der Waals surface area contributed by atoms with Gasteiger partial charge >= 0.3 is 12.1 Å². The minimum Gasteiger partial charge on any atom is -0.478 e. The first kappa shape index (κ1) is 19.2. The molecule has 7 nitrogen and oxygen atoms in total. The van der Waals surface area contributed by atoms with Gasteiger partial charge in [0.1, 0.15) is 11.2 Å². The lowest BCUT2D eigenvalue weighted by molar-refractivity contribution is 0.0569. The Kier molecular flexibility index (Phi) is 6.00. The third-order valence-electron chi connectivity index (χ3n) is 4.19. The number of pyridine rings is 1. The summed E-state index contributed by atoms with van der Waals surface area (Å²) in [6.07, 6.45) is 2.94. The van der Waals surface area contributed by atoms with Crippen molar-refractivity contribution in [2.75, 3.05) is 24.5 Å². The number of carboxylic acids is 1. The van der Waals surface area contributed by atoms with Crippen molar-refractivity contribution in [3.63, 3.8) is 0 Å². The van der Waals surface area contributed by atoms with Crippen molar-refractivity contribution in [3.8, 4) is 0 Å². The molecule has 1 fully saturated rings. The highest BCUT2D eigenvalue weighted by atomic mass is 16.6. The average Bonchev–Trinajstić information content (AvgIpc) is 2.98. The van der Waals surface area contributed by atoms with Crippen molar-refractivity contribution in [3.05, 3.63) is 23.9 Å². The number of aromatic nitrogens is 1. The summed E-state index contributed by atoms with van der Waals surface area (Å²) in [5.41, 5.74) is -0.678. The number of carbonyl (C=O) groups excluding carboxylic acids is 1. The highest BCUT2D eigenvalue weighted by Gasteiger charge is 2.33. The molecule has 0 aromatic carbocycles. The van der Waals surface area contributed by atoms with Crippen LogP contribution in [0.25, 0.3) is 0 Å². The number of rotatable bonds is 5. The van der Waals surface area contributed by atoms with E-state index in [4.69, 9.17) is 4.74 Å². The van der Waals surface area contributed by atoms with Gasteiger partial charge in [0, 0.05) is 18.8 Å². The van der Waals surface area contributed by atoms with Crippen molar-refractivity contribution < 1.29 is 19.4 Å². The van der Waals surface area contributed by atoms with Gasteiger partial charge in [-0.05, 0) is 58.8 Å². The number of aromatic carboxylic acids is 1. The molecule has 1 aromatic rings. The largest absolute Gasteiger partial charge is 0.478 e. The van der Waals surface area contributed by atoms with E-state index in [0.717, 1.165) is 25.9 Å². The highest BCUT2D eigenvalue weighted by molar-refractivity contribution is 5.98. The Morgan fingerprint density at radius 2 is 2.16 bits per heavy atom. The fourth-order valence-corrected chi connectivity index (χ4v) is 3.07. The molecule has 1 saturated heterocycles. The molecular weight excluding hydrogens is 322 g/mol. The van der Waals surface area contributed by atoms with Crippen LogP contribution in [0.4, 0.5) is 10.6 Å². The Hall–Kier alpha value is -2.15. The molecule has 1 aromatic heterocycles. The summed E-state index contributed by atoms with van der Waals surface area (Å²) in [5, 5.41) is 9.46. The number of likely N-dealkylation sites (N-methyl/N-ethyl adjacent to an activating group) is 1. The summed E-state index contributed by atoms with van der Waals surface area (Å²) < 4.78 is 5.50. The van der Waals surface area contributed by atoms with Crippen molar-refractivity contribution >= 4 is 17.9 Å². The number of carbonyl (C=O) groups is 2. The average molecular weight is 349 g/mol. The highest BCUT2D eigenvalue weighted by Crippen LogP contribution is 2.25. The summed E-state index contributed by atoms with van der Waals surface area (Å²) in [6, 6.07) is 3.17. The zero-order chi connectivity index (χ0) is 18.6. The maximum atomic E-state index is 12.8. The van der Waals surface area contributed by atoms with E-state index in [1.165, 1.54) is 17.2 Å². The molecule has 2 rings (SSSR count). The monoisotopic (exact) mass is 349 g/mol. The predicted molar refractivity (Wildman–Crippen MR) is 95.0 cm³/mol. The molecule has 0 bridgehead atoms. The molecule has 0 saturated carbocycles. The summed E-state index contributed by atoms with van der Waals surface area (Å²) in [6.45, 7) is 9.67. The Morgan fingerprint density at radius 3 is 2.76 bits per heavy atom. The van der Waals surface area contributed by atoms with Gasteiger partial charge in [0.25, 0.3) is 0 Å². The first-order valence-electron chi connectivity index (χ1n) is 8.65. The zero-order valence-electron chi connectivity index (χ0n) is 15.4. The van der Waals surface area contributed by atoms with E-state index in [0.29, 0.717) is 6.54 Å². The van der Waals surface area contributed by atoms with Crippen LogP contribution in [0.2, 0.25) is 0 Å². The summed E-state index contributed by atoms with van der Waals surface area (Å²) in [5.74, 6) is -0.984. The predicted octanol–water partition coefficient (Wildman–Crippen LogP) is 3.01. The van der Waals surface area contributed by atoms with Gasteiger partial charge in [0.05, 0.1) is 0 Å². The van der Waals surface area contributed by atoms with Gasteiger partial charge in [-0.2, -0.15) is 0 Å². The van der Waals surface area contributed by atoms with Gasteiger partial charge in [-0.25, -0.2) is 14.6 Å². The number of hydrogen-bond acceptors (Lipinski definition) is 5. The van der Waals surface area contributed by atoms with Crippen LogP contribution in [0, 0.1) is 0 Å². The molecule has 7 heteroatoms. The molecule has 1 unspecified atom stereocenters. The van der Waals surface area contributed by atoms with Gasteiger partial charge in [-0.15, -0.1) is 0 Å². The number of anilines is 1. The second-order valence-electron chi connectivity index (χ2n) is 7.20. The zero-order valence-corrected chi connectivity index (χ0v) is 15.4. The lowest BCUT2D eigenvalue weighted by Gasteiger charge is -2.31. The molecule has 1 aliphatic heterocycles. The Bertz CT molecular complexity index is 627.